The smallest absolute Gasteiger partial charge is 0.273 e. The van der Waals surface area contributed by atoms with E-state index < -0.39 is 0 Å². The minimum atomic E-state index is -0.299. The van der Waals surface area contributed by atoms with Crippen molar-refractivity contribution in [3.63, 3.8) is 0 Å². The maximum Gasteiger partial charge on any atom is 0.273 e. The molecular formula is C13H14ClN3O2. The summed E-state index contributed by atoms with van der Waals surface area (Å²) < 4.78 is 5.12. The SMILES string of the molecule is NCCc1nc(C(=O)NCc2ccccc2Cl)co1. The van der Waals surface area contributed by atoms with E-state index in [0.29, 0.717) is 30.4 Å². The second-order valence-electron chi connectivity index (χ2n) is 3.94. The zero-order valence-electron chi connectivity index (χ0n) is 10.2. The average Bonchev–Trinajstić information content (AvgIpc) is 2.87. The molecule has 6 heteroatoms. The summed E-state index contributed by atoms with van der Waals surface area (Å²) in [6.45, 7) is 0.777. The van der Waals surface area contributed by atoms with Crippen molar-refractivity contribution in [2.24, 2.45) is 5.73 Å². The van der Waals surface area contributed by atoms with Gasteiger partial charge in [0.25, 0.3) is 5.91 Å². The topological polar surface area (TPSA) is 81.1 Å². The highest BCUT2D eigenvalue weighted by atomic mass is 35.5. The van der Waals surface area contributed by atoms with Crippen molar-refractivity contribution in [3.8, 4) is 0 Å². The normalized spacial score (nSPS) is 10.4. The number of amides is 1. The van der Waals surface area contributed by atoms with Crippen LogP contribution in [0, 0.1) is 0 Å². The molecule has 1 aromatic heterocycles. The molecule has 0 saturated carbocycles. The van der Waals surface area contributed by atoms with Gasteiger partial charge in [0, 0.05) is 24.5 Å². The minimum absolute atomic E-state index is 0.246. The Labute approximate surface area is 115 Å². The number of oxazole rings is 1. The van der Waals surface area contributed by atoms with Crippen molar-refractivity contribution in [2.75, 3.05) is 6.54 Å². The number of halogens is 1. The van der Waals surface area contributed by atoms with Crippen LogP contribution < -0.4 is 11.1 Å². The molecule has 0 radical (unpaired) electrons. The summed E-state index contributed by atoms with van der Waals surface area (Å²) in [5.41, 5.74) is 6.48. The molecule has 0 unspecified atom stereocenters. The molecule has 0 fully saturated rings. The van der Waals surface area contributed by atoms with Crippen LogP contribution in [-0.2, 0) is 13.0 Å². The van der Waals surface area contributed by atoms with Gasteiger partial charge in [0.15, 0.2) is 11.6 Å². The maximum atomic E-state index is 11.8. The number of benzene rings is 1. The van der Waals surface area contributed by atoms with Gasteiger partial charge in [-0.2, -0.15) is 0 Å². The van der Waals surface area contributed by atoms with E-state index in [-0.39, 0.29) is 11.6 Å². The zero-order chi connectivity index (χ0) is 13.7. The molecule has 1 amide bonds. The summed E-state index contributed by atoms with van der Waals surface area (Å²) in [5.74, 6) is 0.164. The fourth-order valence-corrected chi connectivity index (χ4v) is 1.76. The lowest BCUT2D eigenvalue weighted by atomic mass is 10.2. The van der Waals surface area contributed by atoms with E-state index >= 15 is 0 Å². The molecule has 2 rings (SSSR count). The summed E-state index contributed by atoms with van der Waals surface area (Å²) in [6.07, 6.45) is 1.84. The summed E-state index contributed by atoms with van der Waals surface area (Å²) in [5, 5.41) is 3.35. The molecule has 1 heterocycles. The van der Waals surface area contributed by atoms with Gasteiger partial charge < -0.3 is 15.5 Å². The molecule has 0 spiro atoms. The van der Waals surface area contributed by atoms with Gasteiger partial charge in [0.2, 0.25) is 0 Å². The fourth-order valence-electron chi connectivity index (χ4n) is 1.56. The highest BCUT2D eigenvalue weighted by Crippen LogP contribution is 2.14. The van der Waals surface area contributed by atoms with Crippen molar-refractivity contribution in [3.05, 3.63) is 52.7 Å². The number of carbonyl (C=O) groups is 1. The lowest BCUT2D eigenvalue weighted by Gasteiger charge is -2.04. The Bertz CT molecular complexity index is 569. The second-order valence-corrected chi connectivity index (χ2v) is 4.35. The van der Waals surface area contributed by atoms with Gasteiger partial charge >= 0.3 is 0 Å². The van der Waals surface area contributed by atoms with Crippen LogP contribution in [0.3, 0.4) is 0 Å². The first-order valence-electron chi connectivity index (χ1n) is 5.87. The van der Waals surface area contributed by atoms with E-state index in [9.17, 15) is 4.79 Å². The number of nitrogens with one attached hydrogen (secondary N) is 1. The molecule has 2 aromatic rings. The van der Waals surface area contributed by atoms with Crippen molar-refractivity contribution < 1.29 is 9.21 Å². The Morgan fingerprint density at radius 1 is 1.42 bits per heavy atom. The Balaban J connectivity index is 1.95. The monoisotopic (exact) mass is 279 g/mol. The molecule has 5 nitrogen and oxygen atoms in total. The Hall–Kier alpha value is -1.85. The van der Waals surface area contributed by atoms with E-state index in [1.165, 1.54) is 6.26 Å². The largest absolute Gasteiger partial charge is 0.448 e. The van der Waals surface area contributed by atoms with Crippen LogP contribution in [0.1, 0.15) is 21.9 Å². The molecule has 0 aliphatic rings. The average molecular weight is 280 g/mol. The predicted molar refractivity (Wildman–Crippen MR) is 71.9 cm³/mol. The number of nitrogens with zero attached hydrogens (tertiary/aromatic N) is 1. The zero-order valence-corrected chi connectivity index (χ0v) is 11.0. The van der Waals surface area contributed by atoms with E-state index in [4.69, 9.17) is 21.8 Å². The Morgan fingerprint density at radius 3 is 2.95 bits per heavy atom. The third kappa shape index (κ3) is 3.56. The van der Waals surface area contributed by atoms with Crippen LogP contribution in [0.2, 0.25) is 5.02 Å². The van der Waals surface area contributed by atoms with E-state index in [0.717, 1.165) is 5.56 Å². The van der Waals surface area contributed by atoms with Crippen LogP contribution in [0.4, 0.5) is 0 Å². The molecule has 3 N–H and O–H groups in total. The molecule has 19 heavy (non-hydrogen) atoms. The van der Waals surface area contributed by atoms with Gasteiger partial charge in [-0.25, -0.2) is 4.98 Å². The lowest BCUT2D eigenvalue weighted by molar-refractivity contribution is 0.0946. The highest BCUT2D eigenvalue weighted by molar-refractivity contribution is 6.31. The summed E-state index contributed by atoms with van der Waals surface area (Å²) in [6, 6.07) is 7.33. The first-order valence-corrected chi connectivity index (χ1v) is 6.24. The summed E-state index contributed by atoms with van der Waals surface area (Å²) >= 11 is 6.00. The number of aromatic nitrogens is 1. The van der Waals surface area contributed by atoms with Crippen LogP contribution in [0.5, 0.6) is 0 Å². The summed E-state index contributed by atoms with van der Waals surface area (Å²) in [7, 11) is 0. The minimum Gasteiger partial charge on any atom is -0.448 e. The molecule has 100 valence electrons. The van der Waals surface area contributed by atoms with Crippen molar-refractivity contribution >= 4 is 17.5 Å². The van der Waals surface area contributed by atoms with Crippen molar-refractivity contribution in [2.45, 2.75) is 13.0 Å². The standard InChI is InChI=1S/C13H14ClN3O2/c14-10-4-2-1-3-9(10)7-16-13(18)11-8-19-12(17-11)5-6-15/h1-4,8H,5-7,15H2,(H,16,18). The number of rotatable bonds is 5. The highest BCUT2D eigenvalue weighted by Gasteiger charge is 2.11. The van der Waals surface area contributed by atoms with E-state index in [1.807, 2.05) is 18.2 Å². The van der Waals surface area contributed by atoms with E-state index in [1.54, 1.807) is 6.07 Å². The van der Waals surface area contributed by atoms with Gasteiger partial charge in [-0.05, 0) is 11.6 Å². The Morgan fingerprint density at radius 2 is 2.21 bits per heavy atom. The van der Waals surface area contributed by atoms with Gasteiger partial charge in [0.05, 0.1) is 0 Å². The first kappa shape index (κ1) is 13.6. The maximum absolute atomic E-state index is 11.8. The van der Waals surface area contributed by atoms with Gasteiger partial charge in [0.1, 0.15) is 6.26 Å². The third-order valence-corrected chi connectivity index (χ3v) is 2.91. The molecule has 0 aliphatic heterocycles. The molecule has 0 saturated heterocycles. The number of nitrogens with two attached hydrogens (primary N) is 1. The Kier molecular flexibility index (Phi) is 4.54. The molecule has 0 bridgehead atoms. The van der Waals surface area contributed by atoms with Crippen LogP contribution >= 0.6 is 11.6 Å². The second kappa shape index (κ2) is 6.36. The number of hydrogen-bond donors (Lipinski definition) is 2. The predicted octanol–water partition coefficient (Wildman–Crippen LogP) is 1.76. The molecule has 0 atom stereocenters. The van der Waals surface area contributed by atoms with Crippen LogP contribution in [0.25, 0.3) is 0 Å². The van der Waals surface area contributed by atoms with Crippen LogP contribution in [-0.4, -0.2) is 17.4 Å². The summed E-state index contributed by atoms with van der Waals surface area (Å²) in [4.78, 5) is 15.9. The molecular weight excluding hydrogens is 266 g/mol. The number of carbonyl (C=O) groups excluding carboxylic acids is 1. The molecule has 1 aromatic carbocycles. The van der Waals surface area contributed by atoms with Gasteiger partial charge in [-0.15, -0.1) is 0 Å². The van der Waals surface area contributed by atoms with Gasteiger partial charge in [-0.3, -0.25) is 4.79 Å². The van der Waals surface area contributed by atoms with Crippen LogP contribution in [0.15, 0.2) is 34.9 Å². The van der Waals surface area contributed by atoms with Gasteiger partial charge in [-0.1, -0.05) is 29.8 Å². The first-order chi connectivity index (χ1) is 9.20. The number of hydrogen-bond acceptors (Lipinski definition) is 4. The molecule has 0 aliphatic carbocycles. The fraction of sp³-hybridized carbons (Fsp3) is 0.231. The van der Waals surface area contributed by atoms with Crippen molar-refractivity contribution in [1.29, 1.82) is 0 Å². The van der Waals surface area contributed by atoms with Crippen molar-refractivity contribution in [1.82, 2.24) is 10.3 Å². The third-order valence-electron chi connectivity index (χ3n) is 2.54. The van der Waals surface area contributed by atoms with E-state index in [2.05, 4.69) is 10.3 Å². The quantitative estimate of drug-likeness (QED) is 0.874. The lowest BCUT2D eigenvalue weighted by Crippen LogP contribution is -2.23.